The van der Waals surface area contributed by atoms with Gasteiger partial charge in [-0.25, -0.2) is 4.98 Å². The summed E-state index contributed by atoms with van der Waals surface area (Å²) < 4.78 is 0. The van der Waals surface area contributed by atoms with Gasteiger partial charge in [0.05, 0.1) is 5.41 Å². The largest absolute Gasteiger partial charge is 0.481 e. The fourth-order valence-corrected chi connectivity index (χ4v) is 1.79. The highest BCUT2D eigenvalue weighted by Gasteiger charge is 2.26. The third-order valence-electron chi connectivity index (χ3n) is 2.36. The number of aliphatic carboxylic acids is 1. The van der Waals surface area contributed by atoms with Crippen LogP contribution in [0.1, 0.15) is 30.8 Å². The normalized spacial score (nSPS) is 11.2. The number of aromatic nitrogens is 1. The van der Waals surface area contributed by atoms with Crippen LogP contribution in [0.3, 0.4) is 0 Å². The van der Waals surface area contributed by atoms with Crippen molar-refractivity contribution in [3.05, 3.63) is 11.1 Å². The van der Waals surface area contributed by atoms with Crippen LogP contribution in [-0.2, 0) is 4.79 Å². The molecule has 0 fully saturated rings. The average molecular weight is 257 g/mol. The summed E-state index contributed by atoms with van der Waals surface area (Å²) in [5.41, 5.74) is 4.50. The van der Waals surface area contributed by atoms with E-state index in [1.807, 2.05) is 0 Å². The van der Waals surface area contributed by atoms with Crippen molar-refractivity contribution in [1.29, 1.82) is 0 Å². The van der Waals surface area contributed by atoms with E-state index in [2.05, 4.69) is 10.3 Å². The zero-order chi connectivity index (χ0) is 13.1. The van der Waals surface area contributed by atoms with Gasteiger partial charge in [-0.3, -0.25) is 9.59 Å². The molecule has 0 aromatic carbocycles. The molecule has 6 nitrogen and oxygen atoms in total. The lowest BCUT2D eigenvalue weighted by molar-refractivity contribution is -0.147. The van der Waals surface area contributed by atoms with Gasteiger partial charge in [-0.2, -0.15) is 0 Å². The molecule has 1 amide bonds. The minimum atomic E-state index is -0.837. The van der Waals surface area contributed by atoms with Crippen molar-refractivity contribution < 1.29 is 14.7 Å². The molecule has 0 aliphatic heterocycles. The Balaban J connectivity index is 2.46. The van der Waals surface area contributed by atoms with Gasteiger partial charge >= 0.3 is 5.97 Å². The molecule has 0 atom stereocenters. The molecule has 0 aliphatic carbocycles. The van der Waals surface area contributed by atoms with Gasteiger partial charge in [0.25, 0.3) is 5.91 Å². The van der Waals surface area contributed by atoms with Crippen molar-refractivity contribution in [2.24, 2.45) is 11.1 Å². The predicted octanol–water partition coefficient (Wildman–Crippen LogP) is 1.15. The quantitative estimate of drug-likeness (QED) is 0.709. The molecule has 1 heterocycles. The smallest absolute Gasteiger partial charge is 0.309 e. The van der Waals surface area contributed by atoms with Gasteiger partial charge in [-0.1, -0.05) is 0 Å². The summed E-state index contributed by atoms with van der Waals surface area (Å²) in [6.07, 6.45) is 0.466. The van der Waals surface area contributed by atoms with Crippen LogP contribution in [0.2, 0.25) is 0 Å². The fraction of sp³-hybridized carbons (Fsp3) is 0.500. The number of anilines is 1. The Hall–Kier alpha value is -1.63. The first-order valence-corrected chi connectivity index (χ1v) is 5.93. The predicted molar refractivity (Wildman–Crippen MR) is 65.2 cm³/mol. The zero-order valence-corrected chi connectivity index (χ0v) is 10.5. The average Bonchev–Trinajstić information content (AvgIpc) is 2.66. The van der Waals surface area contributed by atoms with E-state index in [-0.39, 0.29) is 5.69 Å². The Morgan fingerprint density at radius 3 is 2.71 bits per heavy atom. The molecule has 1 aromatic heterocycles. The fourth-order valence-electron chi connectivity index (χ4n) is 1.06. The maximum Gasteiger partial charge on any atom is 0.309 e. The number of amides is 1. The summed E-state index contributed by atoms with van der Waals surface area (Å²) in [5, 5.41) is 14.0. The molecule has 0 spiro atoms. The van der Waals surface area contributed by atoms with Gasteiger partial charge in [0, 0.05) is 11.9 Å². The van der Waals surface area contributed by atoms with Crippen molar-refractivity contribution in [1.82, 2.24) is 4.98 Å². The third kappa shape index (κ3) is 3.70. The van der Waals surface area contributed by atoms with Crippen LogP contribution in [0.15, 0.2) is 5.38 Å². The molecular weight excluding hydrogens is 242 g/mol. The van der Waals surface area contributed by atoms with Crippen LogP contribution in [-0.4, -0.2) is 28.5 Å². The van der Waals surface area contributed by atoms with E-state index in [0.717, 1.165) is 0 Å². The molecule has 4 N–H and O–H groups in total. The Morgan fingerprint density at radius 2 is 2.24 bits per heavy atom. The van der Waals surface area contributed by atoms with Crippen molar-refractivity contribution in [3.63, 3.8) is 0 Å². The summed E-state index contributed by atoms with van der Waals surface area (Å²) >= 11 is 1.27. The van der Waals surface area contributed by atoms with Crippen LogP contribution in [0.25, 0.3) is 0 Å². The van der Waals surface area contributed by atoms with Crippen LogP contribution >= 0.6 is 11.3 Å². The van der Waals surface area contributed by atoms with E-state index in [0.29, 0.717) is 18.1 Å². The van der Waals surface area contributed by atoms with E-state index in [1.54, 1.807) is 19.2 Å². The molecule has 0 unspecified atom stereocenters. The molecule has 17 heavy (non-hydrogen) atoms. The second-order valence-electron chi connectivity index (χ2n) is 4.27. The number of nitrogens with two attached hydrogens (primary N) is 1. The minimum Gasteiger partial charge on any atom is -0.481 e. The van der Waals surface area contributed by atoms with Crippen LogP contribution < -0.4 is 11.1 Å². The Morgan fingerprint density at radius 1 is 1.59 bits per heavy atom. The molecule has 0 saturated heterocycles. The second-order valence-corrected chi connectivity index (χ2v) is 5.13. The number of nitrogens with one attached hydrogen (secondary N) is 1. The van der Waals surface area contributed by atoms with Crippen molar-refractivity contribution in [2.45, 2.75) is 20.3 Å². The SMILES string of the molecule is CC(C)(CCNc1nc(C(N)=O)cs1)C(=O)O. The maximum atomic E-state index is 10.9. The summed E-state index contributed by atoms with van der Waals surface area (Å²) in [6.45, 7) is 3.80. The van der Waals surface area contributed by atoms with Gasteiger partial charge in [-0.05, 0) is 20.3 Å². The molecule has 7 heteroatoms. The van der Waals surface area contributed by atoms with Gasteiger partial charge in [0.2, 0.25) is 0 Å². The van der Waals surface area contributed by atoms with E-state index in [1.165, 1.54) is 11.3 Å². The van der Waals surface area contributed by atoms with E-state index < -0.39 is 17.3 Å². The van der Waals surface area contributed by atoms with Gasteiger partial charge < -0.3 is 16.2 Å². The number of carboxylic acid groups (broad SMARTS) is 1. The summed E-state index contributed by atoms with van der Waals surface area (Å²) in [5.74, 6) is -1.41. The monoisotopic (exact) mass is 257 g/mol. The topological polar surface area (TPSA) is 105 Å². The van der Waals surface area contributed by atoms with E-state index >= 15 is 0 Å². The Labute approximate surface area is 103 Å². The lowest BCUT2D eigenvalue weighted by Crippen LogP contribution is -2.26. The van der Waals surface area contributed by atoms with Gasteiger partial charge in [-0.15, -0.1) is 11.3 Å². The lowest BCUT2D eigenvalue weighted by atomic mass is 9.90. The van der Waals surface area contributed by atoms with Crippen LogP contribution in [0.4, 0.5) is 5.13 Å². The number of nitrogens with zero attached hydrogens (tertiary/aromatic N) is 1. The number of thiazole rings is 1. The summed E-state index contributed by atoms with van der Waals surface area (Å²) in [7, 11) is 0. The number of hydrogen-bond acceptors (Lipinski definition) is 5. The summed E-state index contributed by atoms with van der Waals surface area (Å²) in [6, 6.07) is 0. The van der Waals surface area contributed by atoms with Crippen molar-refractivity contribution >= 4 is 28.3 Å². The number of primary amides is 1. The van der Waals surface area contributed by atoms with Crippen LogP contribution in [0, 0.1) is 5.41 Å². The number of rotatable bonds is 6. The Kier molecular flexibility index (Phi) is 4.06. The molecule has 1 rings (SSSR count). The Bertz CT molecular complexity index is 428. The van der Waals surface area contributed by atoms with E-state index in [4.69, 9.17) is 10.8 Å². The highest BCUT2D eigenvalue weighted by molar-refractivity contribution is 7.13. The van der Waals surface area contributed by atoms with Crippen molar-refractivity contribution in [3.8, 4) is 0 Å². The molecule has 0 radical (unpaired) electrons. The summed E-state index contributed by atoms with van der Waals surface area (Å²) in [4.78, 5) is 25.6. The third-order valence-corrected chi connectivity index (χ3v) is 3.16. The number of carboxylic acids is 1. The maximum absolute atomic E-state index is 10.9. The number of hydrogen-bond donors (Lipinski definition) is 3. The lowest BCUT2D eigenvalue weighted by Gasteiger charge is -2.18. The first kappa shape index (κ1) is 13.4. The first-order chi connectivity index (χ1) is 7.83. The molecular formula is C10H15N3O3S. The number of carbonyl (C=O) groups is 2. The van der Waals surface area contributed by atoms with Gasteiger partial charge in [0.15, 0.2) is 5.13 Å². The van der Waals surface area contributed by atoms with Crippen LogP contribution in [0.5, 0.6) is 0 Å². The molecule has 0 saturated carbocycles. The number of carbonyl (C=O) groups excluding carboxylic acids is 1. The van der Waals surface area contributed by atoms with E-state index in [9.17, 15) is 9.59 Å². The minimum absolute atomic E-state index is 0.218. The molecule has 1 aromatic rings. The highest BCUT2D eigenvalue weighted by Crippen LogP contribution is 2.21. The van der Waals surface area contributed by atoms with Gasteiger partial charge in [0.1, 0.15) is 5.69 Å². The molecule has 0 aliphatic rings. The highest BCUT2D eigenvalue weighted by atomic mass is 32.1. The standard InChI is InChI=1S/C10H15N3O3S/c1-10(2,8(15)16)3-4-12-9-13-6(5-17-9)7(11)14/h5H,3-4H2,1-2H3,(H2,11,14)(H,12,13)(H,15,16). The zero-order valence-electron chi connectivity index (χ0n) is 9.69. The first-order valence-electron chi connectivity index (χ1n) is 5.05. The van der Waals surface area contributed by atoms with Crippen molar-refractivity contribution in [2.75, 3.05) is 11.9 Å². The second kappa shape index (κ2) is 5.13. The molecule has 94 valence electrons. The molecule has 0 bridgehead atoms.